The molecule has 9 heteroatoms. The Kier molecular flexibility index (Phi) is 8.61. The molecule has 1 atom stereocenters. The molecule has 0 amide bonds. The van der Waals surface area contributed by atoms with E-state index in [0.717, 1.165) is 12.1 Å². The molecule has 1 aliphatic heterocycles. The Morgan fingerprint density at radius 1 is 1.09 bits per heavy atom. The predicted molar refractivity (Wildman–Crippen MR) is 79.1 cm³/mol. The summed E-state index contributed by atoms with van der Waals surface area (Å²) in [6.45, 7) is 1.47. The van der Waals surface area contributed by atoms with Gasteiger partial charge in [-0.1, -0.05) is 0 Å². The molecule has 128 valence electrons. The molecule has 1 aromatic carbocycles. The Hall–Kier alpha value is -0.630. The Labute approximate surface area is 137 Å². The van der Waals surface area contributed by atoms with E-state index in [4.69, 9.17) is 0 Å². The summed E-state index contributed by atoms with van der Waals surface area (Å²) in [5.74, 6) is -0.997. The molecule has 0 spiro atoms. The van der Waals surface area contributed by atoms with Crippen LogP contribution in [0.15, 0.2) is 18.2 Å². The van der Waals surface area contributed by atoms with Crippen molar-refractivity contribution in [3.63, 3.8) is 0 Å². The number of hydrogen-bond acceptors (Lipinski definition) is 2. The standard InChI is InChI=1S/C13H15F5N2.2ClH/c14-8-12(20-3-1-19-2-4-20)9-5-10(13(16,17)18)7-11(15)6-9;;/h5-7,12,19H,1-4,8H2;2*1H/t12-;;/m0../s1. The van der Waals surface area contributed by atoms with Crippen molar-refractivity contribution in [1.29, 1.82) is 0 Å². The molecule has 0 unspecified atom stereocenters. The van der Waals surface area contributed by atoms with Crippen molar-refractivity contribution in [2.75, 3.05) is 32.9 Å². The summed E-state index contributed by atoms with van der Waals surface area (Å²) in [7, 11) is 0. The molecular weight excluding hydrogens is 350 g/mol. The number of alkyl halides is 4. The van der Waals surface area contributed by atoms with Crippen LogP contribution in [0.25, 0.3) is 0 Å². The Morgan fingerprint density at radius 3 is 2.18 bits per heavy atom. The van der Waals surface area contributed by atoms with Crippen molar-refractivity contribution in [3.8, 4) is 0 Å². The summed E-state index contributed by atoms with van der Waals surface area (Å²) < 4.78 is 64.6. The van der Waals surface area contributed by atoms with Crippen LogP contribution in [0.5, 0.6) is 0 Å². The lowest BCUT2D eigenvalue weighted by Gasteiger charge is -2.33. The molecule has 1 heterocycles. The van der Waals surface area contributed by atoms with Gasteiger partial charge in [0.1, 0.15) is 12.5 Å². The maximum Gasteiger partial charge on any atom is 0.416 e. The molecule has 0 saturated carbocycles. The largest absolute Gasteiger partial charge is 0.416 e. The molecule has 0 aromatic heterocycles. The molecule has 1 aliphatic rings. The van der Waals surface area contributed by atoms with Crippen molar-refractivity contribution in [3.05, 3.63) is 35.1 Å². The normalized spacial score (nSPS) is 17.3. The predicted octanol–water partition coefficient (Wildman–Crippen LogP) is 3.60. The summed E-state index contributed by atoms with van der Waals surface area (Å²) in [5.41, 5.74) is -1.05. The smallest absolute Gasteiger partial charge is 0.314 e. The molecular formula is C13H17Cl2F5N2. The van der Waals surface area contributed by atoms with E-state index < -0.39 is 30.3 Å². The highest BCUT2D eigenvalue weighted by Gasteiger charge is 2.33. The van der Waals surface area contributed by atoms with Gasteiger partial charge >= 0.3 is 6.18 Å². The summed E-state index contributed by atoms with van der Waals surface area (Å²) in [4.78, 5) is 1.73. The van der Waals surface area contributed by atoms with E-state index in [1.807, 2.05) is 0 Å². The Morgan fingerprint density at radius 2 is 1.68 bits per heavy atom. The lowest BCUT2D eigenvalue weighted by Crippen LogP contribution is -2.45. The van der Waals surface area contributed by atoms with Crippen LogP contribution >= 0.6 is 24.8 Å². The van der Waals surface area contributed by atoms with E-state index in [1.165, 1.54) is 0 Å². The van der Waals surface area contributed by atoms with Crippen molar-refractivity contribution in [2.24, 2.45) is 0 Å². The minimum absolute atomic E-state index is 0. The molecule has 0 bridgehead atoms. The van der Waals surface area contributed by atoms with Gasteiger partial charge in [-0.05, 0) is 23.8 Å². The monoisotopic (exact) mass is 366 g/mol. The first-order chi connectivity index (χ1) is 9.41. The summed E-state index contributed by atoms with van der Waals surface area (Å²) in [6, 6.07) is 1.39. The van der Waals surface area contributed by atoms with Crippen LogP contribution in [-0.2, 0) is 6.18 Å². The van der Waals surface area contributed by atoms with E-state index in [1.54, 1.807) is 4.90 Å². The molecule has 2 rings (SSSR count). The average molecular weight is 367 g/mol. The van der Waals surface area contributed by atoms with E-state index in [9.17, 15) is 22.0 Å². The van der Waals surface area contributed by atoms with Crippen molar-refractivity contribution in [1.82, 2.24) is 10.2 Å². The second kappa shape index (κ2) is 8.86. The van der Waals surface area contributed by atoms with Crippen LogP contribution in [0.4, 0.5) is 22.0 Å². The number of benzene rings is 1. The maximum absolute atomic E-state index is 13.4. The fraction of sp³-hybridized carbons (Fsp3) is 0.538. The molecule has 1 aromatic rings. The first-order valence-electron chi connectivity index (χ1n) is 6.30. The van der Waals surface area contributed by atoms with E-state index >= 15 is 0 Å². The van der Waals surface area contributed by atoms with Gasteiger partial charge in [0.05, 0.1) is 11.6 Å². The second-order valence-corrected chi connectivity index (χ2v) is 4.73. The molecule has 22 heavy (non-hydrogen) atoms. The van der Waals surface area contributed by atoms with Gasteiger partial charge in [-0.3, -0.25) is 4.90 Å². The quantitative estimate of drug-likeness (QED) is 0.822. The van der Waals surface area contributed by atoms with Crippen LogP contribution in [-0.4, -0.2) is 37.8 Å². The van der Waals surface area contributed by atoms with E-state index in [0.29, 0.717) is 32.2 Å². The molecule has 1 saturated heterocycles. The zero-order chi connectivity index (χ0) is 14.8. The summed E-state index contributed by atoms with van der Waals surface area (Å²) in [6.07, 6.45) is -4.64. The third-order valence-electron chi connectivity index (χ3n) is 3.37. The van der Waals surface area contributed by atoms with Crippen molar-refractivity contribution in [2.45, 2.75) is 12.2 Å². The average Bonchev–Trinajstić information content (AvgIpc) is 2.39. The molecule has 2 nitrogen and oxygen atoms in total. The third-order valence-corrected chi connectivity index (χ3v) is 3.37. The third kappa shape index (κ3) is 5.22. The van der Waals surface area contributed by atoms with Crippen LogP contribution in [0.3, 0.4) is 0 Å². The number of piperazine rings is 1. The fourth-order valence-electron chi connectivity index (χ4n) is 2.36. The van der Waals surface area contributed by atoms with Crippen LogP contribution < -0.4 is 5.32 Å². The zero-order valence-corrected chi connectivity index (χ0v) is 13.1. The summed E-state index contributed by atoms with van der Waals surface area (Å²) >= 11 is 0. The second-order valence-electron chi connectivity index (χ2n) is 4.73. The Balaban J connectivity index is 0.00000220. The van der Waals surface area contributed by atoms with Gasteiger partial charge in [0.15, 0.2) is 0 Å². The minimum Gasteiger partial charge on any atom is -0.314 e. The van der Waals surface area contributed by atoms with Gasteiger partial charge in [0.2, 0.25) is 0 Å². The number of hydrogen-bond donors (Lipinski definition) is 1. The van der Waals surface area contributed by atoms with E-state index in [2.05, 4.69) is 5.32 Å². The highest BCUT2D eigenvalue weighted by molar-refractivity contribution is 5.85. The highest BCUT2D eigenvalue weighted by Crippen LogP contribution is 2.33. The topological polar surface area (TPSA) is 15.3 Å². The van der Waals surface area contributed by atoms with Crippen LogP contribution in [0, 0.1) is 5.82 Å². The zero-order valence-electron chi connectivity index (χ0n) is 11.5. The molecule has 0 aliphatic carbocycles. The van der Waals surface area contributed by atoms with E-state index in [-0.39, 0.29) is 30.4 Å². The lowest BCUT2D eigenvalue weighted by molar-refractivity contribution is -0.137. The first kappa shape index (κ1) is 21.4. The number of nitrogens with zero attached hydrogens (tertiary/aromatic N) is 1. The van der Waals surface area contributed by atoms with Gasteiger partial charge in [-0.2, -0.15) is 13.2 Å². The lowest BCUT2D eigenvalue weighted by atomic mass is 10.0. The van der Waals surface area contributed by atoms with Crippen molar-refractivity contribution < 1.29 is 22.0 Å². The number of nitrogens with one attached hydrogen (secondary N) is 1. The minimum atomic E-state index is -4.64. The number of halogens is 7. The van der Waals surface area contributed by atoms with Gasteiger partial charge < -0.3 is 5.32 Å². The van der Waals surface area contributed by atoms with Crippen molar-refractivity contribution >= 4 is 24.8 Å². The highest BCUT2D eigenvalue weighted by atomic mass is 35.5. The van der Waals surface area contributed by atoms with Gasteiger partial charge in [-0.15, -0.1) is 24.8 Å². The fourth-order valence-corrected chi connectivity index (χ4v) is 2.36. The summed E-state index contributed by atoms with van der Waals surface area (Å²) in [5, 5.41) is 3.07. The molecule has 1 fully saturated rings. The first-order valence-corrected chi connectivity index (χ1v) is 6.30. The Bertz CT molecular complexity index is 464. The SMILES string of the molecule is Cl.Cl.FC[C@@H](c1cc(F)cc(C(F)(F)F)c1)N1CCNCC1. The molecule has 1 N–H and O–H groups in total. The van der Waals surface area contributed by atoms with Crippen LogP contribution in [0.2, 0.25) is 0 Å². The maximum atomic E-state index is 13.4. The van der Waals surface area contributed by atoms with Gasteiger partial charge in [0.25, 0.3) is 0 Å². The van der Waals surface area contributed by atoms with Gasteiger partial charge in [-0.25, -0.2) is 8.78 Å². The number of rotatable bonds is 3. The van der Waals surface area contributed by atoms with Gasteiger partial charge in [0, 0.05) is 26.2 Å². The molecule has 0 radical (unpaired) electrons. The van der Waals surface area contributed by atoms with Crippen LogP contribution in [0.1, 0.15) is 17.2 Å².